The second-order valence-corrected chi connectivity index (χ2v) is 6.43. The molecule has 2 unspecified atom stereocenters. The number of rotatable bonds is 3. The van der Waals surface area contributed by atoms with Gasteiger partial charge in [-0.05, 0) is 62.9 Å². The average molecular weight is 252 g/mol. The maximum atomic E-state index is 12.1. The van der Waals surface area contributed by atoms with Crippen molar-refractivity contribution in [1.82, 2.24) is 10.6 Å². The Morgan fingerprint density at radius 3 is 2.56 bits per heavy atom. The molecule has 1 aliphatic heterocycles. The lowest BCUT2D eigenvalue weighted by atomic mass is 9.82. The van der Waals surface area contributed by atoms with Crippen LogP contribution in [-0.2, 0) is 4.79 Å². The lowest BCUT2D eigenvalue weighted by Crippen LogP contribution is -2.42. The summed E-state index contributed by atoms with van der Waals surface area (Å²) in [5.41, 5.74) is 0. The molecule has 1 aliphatic carbocycles. The van der Waals surface area contributed by atoms with Crippen LogP contribution in [0.4, 0.5) is 0 Å². The Morgan fingerprint density at radius 2 is 1.89 bits per heavy atom. The minimum Gasteiger partial charge on any atom is -0.356 e. The van der Waals surface area contributed by atoms with E-state index < -0.39 is 0 Å². The first-order chi connectivity index (χ1) is 8.66. The molecule has 2 N–H and O–H groups in total. The SMILES string of the molecule is CC1CCC(C(=O)NCC2CCNCC2C)CC1. The fourth-order valence-corrected chi connectivity index (χ4v) is 3.27. The van der Waals surface area contributed by atoms with Gasteiger partial charge in [-0.1, -0.05) is 13.8 Å². The minimum atomic E-state index is 0.290. The monoisotopic (exact) mass is 252 g/mol. The predicted molar refractivity (Wildman–Crippen MR) is 74.3 cm³/mol. The summed E-state index contributed by atoms with van der Waals surface area (Å²) in [6, 6.07) is 0. The molecule has 18 heavy (non-hydrogen) atoms. The van der Waals surface area contributed by atoms with Gasteiger partial charge in [0.15, 0.2) is 0 Å². The fraction of sp³-hybridized carbons (Fsp3) is 0.933. The van der Waals surface area contributed by atoms with Gasteiger partial charge in [-0.2, -0.15) is 0 Å². The molecule has 2 aliphatic rings. The normalized spacial score (nSPS) is 37.2. The van der Waals surface area contributed by atoms with Crippen LogP contribution in [0.5, 0.6) is 0 Å². The Bertz CT molecular complexity index is 272. The van der Waals surface area contributed by atoms with E-state index in [-0.39, 0.29) is 0 Å². The van der Waals surface area contributed by atoms with Crippen molar-refractivity contribution >= 4 is 5.91 Å². The zero-order valence-electron chi connectivity index (χ0n) is 11.9. The van der Waals surface area contributed by atoms with E-state index in [0.717, 1.165) is 38.4 Å². The van der Waals surface area contributed by atoms with E-state index in [4.69, 9.17) is 0 Å². The highest BCUT2D eigenvalue weighted by Gasteiger charge is 2.26. The molecule has 0 radical (unpaired) electrons. The topological polar surface area (TPSA) is 41.1 Å². The van der Waals surface area contributed by atoms with E-state index >= 15 is 0 Å². The quantitative estimate of drug-likeness (QED) is 0.808. The summed E-state index contributed by atoms with van der Waals surface area (Å²) in [7, 11) is 0. The lowest BCUT2D eigenvalue weighted by Gasteiger charge is -2.31. The van der Waals surface area contributed by atoms with Gasteiger partial charge in [0.05, 0.1) is 0 Å². The molecule has 104 valence electrons. The van der Waals surface area contributed by atoms with Crippen LogP contribution in [0.1, 0.15) is 46.0 Å². The molecule has 0 aromatic rings. The molecule has 3 nitrogen and oxygen atoms in total. The maximum Gasteiger partial charge on any atom is 0.223 e. The highest BCUT2D eigenvalue weighted by atomic mass is 16.1. The van der Waals surface area contributed by atoms with Crippen LogP contribution in [0.25, 0.3) is 0 Å². The van der Waals surface area contributed by atoms with Gasteiger partial charge in [-0.25, -0.2) is 0 Å². The van der Waals surface area contributed by atoms with E-state index in [2.05, 4.69) is 24.5 Å². The van der Waals surface area contributed by atoms with Crippen LogP contribution in [0.3, 0.4) is 0 Å². The van der Waals surface area contributed by atoms with E-state index in [1.54, 1.807) is 0 Å². The number of hydrogen-bond donors (Lipinski definition) is 2. The van der Waals surface area contributed by atoms with Gasteiger partial charge >= 0.3 is 0 Å². The third-order valence-electron chi connectivity index (χ3n) is 4.89. The van der Waals surface area contributed by atoms with Gasteiger partial charge in [0.2, 0.25) is 5.91 Å². The van der Waals surface area contributed by atoms with Gasteiger partial charge in [0.25, 0.3) is 0 Å². The van der Waals surface area contributed by atoms with Crippen LogP contribution in [0.2, 0.25) is 0 Å². The van der Waals surface area contributed by atoms with Crippen molar-refractivity contribution in [3.05, 3.63) is 0 Å². The first-order valence-corrected chi connectivity index (χ1v) is 7.65. The van der Waals surface area contributed by atoms with Crippen molar-refractivity contribution in [3.63, 3.8) is 0 Å². The zero-order chi connectivity index (χ0) is 13.0. The molecule has 2 rings (SSSR count). The number of piperidine rings is 1. The number of carbonyl (C=O) groups is 1. The predicted octanol–water partition coefficient (Wildman–Crippen LogP) is 2.17. The summed E-state index contributed by atoms with van der Waals surface area (Å²) in [4.78, 5) is 12.1. The highest BCUT2D eigenvalue weighted by Crippen LogP contribution is 2.28. The summed E-state index contributed by atoms with van der Waals surface area (Å²) in [6.07, 6.45) is 5.83. The number of hydrogen-bond acceptors (Lipinski definition) is 2. The van der Waals surface area contributed by atoms with Crippen molar-refractivity contribution in [2.75, 3.05) is 19.6 Å². The Labute approximate surface area is 111 Å². The Kier molecular flexibility index (Phi) is 5.04. The van der Waals surface area contributed by atoms with Gasteiger partial charge in [0, 0.05) is 12.5 Å². The molecule has 2 atom stereocenters. The second-order valence-electron chi connectivity index (χ2n) is 6.43. The molecule has 1 saturated carbocycles. The molecule has 2 fully saturated rings. The van der Waals surface area contributed by atoms with E-state index in [0.29, 0.717) is 23.7 Å². The van der Waals surface area contributed by atoms with Crippen molar-refractivity contribution in [2.45, 2.75) is 46.0 Å². The molecule has 1 saturated heterocycles. The standard InChI is InChI=1S/C15H28N2O/c1-11-3-5-13(6-4-11)15(18)17-10-14-7-8-16-9-12(14)2/h11-14,16H,3-10H2,1-2H3,(H,17,18). The molecule has 0 spiro atoms. The highest BCUT2D eigenvalue weighted by molar-refractivity contribution is 5.78. The molecule has 1 amide bonds. The van der Waals surface area contributed by atoms with E-state index in [9.17, 15) is 4.79 Å². The van der Waals surface area contributed by atoms with Crippen LogP contribution >= 0.6 is 0 Å². The molecular weight excluding hydrogens is 224 g/mol. The summed E-state index contributed by atoms with van der Waals surface area (Å²) in [5, 5.41) is 6.61. The third kappa shape index (κ3) is 3.71. The average Bonchev–Trinajstić information content (AvgIpc) is 2.38. The van der Waals surface area contributed by atoms with E-state index in [1.807, 2.05) is 0 Å². The summed E-state index contributed by atoms with van der Waals surface area (Å²) >= 11 is 0. The molecule has 0 aromatic heterocycles. The Morgan fingerprint density at radius 1 is 1.17 bits per heavy atom. The van der Waals surface area contributed by atoms with Crippen LogP contribution in [0, 0.1) is 23.7 Å². The Hall–Kier alpha value is -0.570. The summed E-state index contributed by atoms with van der Waals surface area (Å²) < 4.78 is 0. The summed E-state index contributed by atoms with van der Waals surface area (Å²) in [6.45, 7) is 7.66. The molecule has 0 aromatic carbocycles. The fourth-order valence-electron chi connectivity index (χ4n) is 3.27. The Balaban J connectivity index is 1.70. The largest absolute Gasteiger partial charge is 0.356 e. The lowest BCUT2D eigenvalue weighted by molar-refractivity contribution is -0.126. The van der Waals surface area contributed by atoms with Gasteiger partial charge in [-0.3, -0.25) is 4.79 Å². The van der Waals surface area contributed by atoms with Crippen molar-refractivity contribution in [3.8, 4) is 0 Å². The van der Waals surface area contributed by atoms with Crippen LogP contribution in [0.15, 0.2) is 0 Å². The number of amides is 1. The molecule has 3 heteroatoms. The molecule has 1 heterocycles. The number of carbonyl (C=O) groups excluding carboxylic acids is 1. The number of nitrogens with one attached hydrogen (secondary N) is 2. The molecule has 0 bridgehead atoms. The zero-order valence-corrected chi connectivity index (χ0v) is 11.9. The minimum absolute atomic E-state index is 0.290. The van der Waals surface area contributed by atoms with Crippen LogP contribution < -0.4 is 10.6 Å². The molecular formula is C15H28N2O. The van der Waals surface area contributed by atoms with Crippen molar-refractivity contribution < 1.29 is 4.79 Å². The van der Waals surface area contributed by atoms with E-state index in [1.165, 1.54) is 19.3 Å². The smallest absolute Gasteiger partial charge is 0.223 e. The van der Waals surface area contributed by atoms with Crippen LogP contribution in [-0.4, -0.2) is 25.5 Å². The van der Waals surface area contributed by atoms with Gasteiger partial charge < -0.3 is 10.6 Å². The van der Waals surface area contributed by atoms with Gasteiger partial charge in [-0.15, -0.1) is 0 Å². The maximum absolute atomic E-state index is 12.1. The van der Waals surface area contributed by atoms with Gasteiger partial charge in [0.1, 0.15) is 0 Å². The van der Waals surface area contributed by atoms with Crippen molar-refractivity contribution in [1.29, 1.82) is 0 Å². The summed E-state index contributed by atoms with van der Waals surface area (Å²) in [5.74, 6) is 2.77. The first-order valence-electron chi connectivity index (χ1n) is 7.65. The first kappa shape index (κ1) is 13.9. The van der Waals surface area contributed by atoms with Crippen molar-refractivity contribution in [2.24, 2.45) is 23.7 Å². The third-order valence-corrected chi connectivity index (χ3v) is 4.89. The second kappa shape index (κ2) is 6.55.